The topological polar surface area (TPSA) is 73.3 Å². The van der Waals surface area contributed by atoms with Gasteiger partial charge in [-0.15, -0.1) is 0 Å². The molecule has 182 valence electrons. The van der Waals surface area contributed by atoms with Crippen LogP contribution in [0, 0.1) is 20.8 Å². The fraction of sp³-hybridized carbons (Fsp3) is 0.207. The van der Waals surface area contributed by atoms with Gasteiger partial charge in [-0.25, -0.2) is 4.98 Å². The van der Waals surface area contributed by atoms with Crippen LogP contribution in [0.5, 0.6) is 17.4 Å². The van der Waals surface area contributed by atoms with E-state index in [9.17, 15) is 4.79 Å². The number of carbonyl (C=O) groups excluding carboxylic acids is 1. The summed E-state index contributed by atoms with van der Waals surface area (Å²) in [6.07, 6.45) is 0.647. The monoisotopic (exact) mass is 497 g/mol. The van der Waals surface area contributed by atoms with E-state index in [1.54, 1.807) is 7.11 Å². The zero-order valence-electron chi connectivity index (χ0n) is 20.7. The van der Waals surface area contributed by atoms with Crippen LogP contribution >= 0.6 is 11.8 Å². The number of para-hydroxylation sites is 1. The number of fused-ring (bicyclic) bond motifs is 2. The number of amides is 1. The number of aryl methyl sites for hydroxylation is 3. The number of anilines is 1. The third-order valence-electron chi connectivity index (χ3n) is 6.11. The lowest BCUT2D eigenvalue weighted by Crippen LogP contribution is -2.17. The summed E-state index contributed by atoms with van der Waals surface area (Å²) in [5.41, 5.74) is 6.96. The number of hydrogen-bond acceptors (Lipinski definition) is 6. The summed E-state index contributed by atoms with van der Waals surface area (Å²) < 4.78 is 11.5. The first-order valence-corrected chi connectivity index (χ1v) is 12.7. The molecular weight excluding hydrogens is 470 g/mol. The van der Waals surface area contributed by atoms with Gasteiger partial charge < -0.3 is 14.8 Å². The Morgan fingerprint density at radius 3 is 2.47 bits per heavy atom. The minimum absolute atomic E-state index is 0.0782. The van der Waals surface area contributed by atoms with Crippen LogP contribution in [0.15, 0.2) is 65.7 Å². The van der Waals surface area contributed by atoms with E-state index in [0.29, 0.717) is 18.1 Å². The first kappa shape index (κ1) is 23.9. The van der Waals surface area contributed by atoms with Gasteiger partial charge in [-0.2, -0.15) is 4.98 Å². The van der Waals surface area contributed by atoms with E-state index in [1.165, 1.54) is 17.3 Å². The second-order valence-corrected chi connectivity index (χ2v) is 9.83. The molecule has 3 aromatic carbocycles. The molecular formula is C29H27N3O3S. The van der Waals surface area contributed by atoms with E-state index in [-0.39, 0.29) is 11.7 Å². The van der Waals surface area contributed by atoms with Crippen LogP contribution in [-0.4, -0.2) is 28.7 Å². The van der Waals surface area contributed by atoms with E-state index in [4.69, 9.17) is 19.4 Å². The number of nitrogens with one attached hydrogen (secondary N) is 1. The molecule has 0 saturated carbocycles. The van der Waals surface area contributed by atoms with Gasteiger partial charge in [-0.05, 0) is 67.8 Å². The van der Waals surface area contributed by atoms with E-state index < -0.39 is 0 Å². The number of ether oxygens (including phenoxy) is 2. The lowest BCUT2D eigenvalue weighted by atomic mass is 10.0. The molecule has 0 fully saturated rings. The fourth-order valence-electron chi connectivity index (χ4n) is 4.40. The van der Waals surface area contributed by atoms with Crippen molar-refractivity contribution in [3.05, 3.63) is 88.5 Å². The zero-order valence-corrected chi connectivity index (χ0v) is 21.5. The summed E-state index contributed by atoms with van der Waals surface area (Å²) in [4.78, 5) is 22.5. The molecule has 1 aliphatic heterocycles. The summed E-state index contributed by atoms with van der Waals surface area (Å²) in [7, 11) is 1.63. The maximum absolute atomic E-state index is 12.9. The van der Waals surface area contributed by atoms with Crippen molar-refractivity contribution in [3.8, 4) is 28.8 Å². The van der Waals surface area contributed by atoms with Crippen molar-refractivity contribution in [2.45, 2.75) is 32.2 Å². The Labute approximate surface area is 215 Å². The van der Waals surface area contributed by atoms with Gasteiger partial charge in [0.2, 0.25) is 11.8 Å². The normalized spacial score (nSPS) is 11.8. The quantitative estimate of drug-likeness (QED) is 0.213. The van der Waals surface area contributed by atoms with Gasteiger partial charge in [0, 0.05) is 17.7 Å². The number of benzene rings is 3. The fourth-order valence-corrected chi connectivity index (χ4v) is 5.22. The molecule has 6 nitrogen and oxygen atoms in total. The summed E-state index contributed by atoms with van der Waals surface area (Å²) >= 11 is 1.40. The molecule has 1 amide bonds. The Morgan fingerprint density at radius 1 is 1.03 bits per heavy atom. The van der Waals surface area contributed by atoms with Gasteiger partial charge in [-0.1, -0.05) is 47.7 Å². The van der Waals surface area contributed by atoms with Gasteiger partial charge in [-0.3, -0.25) is 4.79 Å². The van der Waals surface area contributed by atoms with Gasteiger partial charge in [0.15, 0.2) is 5.82 Å². The van der Waals surface area contributed by atoms with E-state index in [1.807, 2.05) is 62.4 Å². The lowest BCUT2D eigenvalue weighted by Gasteiger charge is -2.21. The minimum atomic E-state index is -0.0782. The minimum Gasteiger partial charge on any atom is -0.497 e. The molecule has 0 atom stereocenters. The third kappa shape index (κ3) is 4.93. The standard InChI is InChI=1S/C29H27N3O3S/c1-17-13-18(2)26(19(3)14-17)30-25(33)16-36-29-23-15-21-7-5-6-8-24(21)35-28(23)31-27(32-29)20-9-11-22(34-4)12-10-20/h5-14H,15-16H2,1-4H3,(H,30,33). The summed E-state index contributed by atoms with van der Waals surface area (Å²) in [6.45, 7) is 6.08. The Morgan fingerprint density at radius 2 is 1.75 bits per heavy atom. The maximum atomic E-state index is 12.9. The number of methoxy groups -OCH3 is 1. The number of rotatable bonds is 6. The number of carbonyl (C=O) groups is 1. The van der Waals surface area contributed by atoms with Crippen LogP contribution in [0.25, 0.3) is 11.4 Å². The molecule has 0 saturated heterocycles. The number of aromatic nitrogens is 2. The molecule has 0 unspecified atom stereocenters. The summed E-state index contributed by atoms with van der Waals surface area (Å²) in [5.74, 6) is 2.77. The van der Waals surface area contributed by atoms with E-state index in [2.05, 4.69) is 24.4 Å². The largest absolute Gasteiger partial charge is 0.497 e. The van der Waals surface area contributed by atoms with Crippen LogP contribution in [0.3, 0.4) is 0 Å². The smallest absolute Gasteiger partial charge is 0.234 e. The highest BCUT2D eigenvalue weighted by Gasteiger charge is 2.24. The van der Waals surface area contributed by atoms with Crippen LogP contribution in [-0.2, 0) is 11.2 Å². The molecule has 1 aliphatic rings. The molecule has 7 heteroatoms. The second-order valence-electron chi connectivity index (χ2n) is 8.86. The number of thioether (sulfide) groups is 1. The highest BCUT2D eigenvalue weighted by molar-refractivity contribution is 8.00. The third-order valence-corrected chi connectivity index (χ3v) is 7.12. The SMILES string of the molecule is COc1ccc(-c2nc3c(c(SCC(=O)Nc4c(C)cc(C)cc4C)n2)Cc2ccccc2O3)cc1. The highest BCUT2D eigenvalue weighted by Crippen LogP contribution is 2.40. The molecule has 0 spiro atoms. The molecule has 5 rings (SSSR count). The van der Waals surface area contributed by atoms with Crippen molar-refractivity contribution in [1.29, 1.82) is 0 Å². The van der Waals surface area contributed by atoms with Crippen molar-refractivity contribution < 1.29 is 14.3 Å². The van der Waals surface area contributed by atoms with Gasteiger partial charge >= 0.3 is 0 Å². The summed E-state index contributed by atoms with van der Waals surface area (Å²) in [6, 6.07) is 19.7. The lowest BCUT2D eigenvalue weighted by molar-refractivity contribution is -0.113. The van der Waals surface area contributed by atoms with Crippen LogP contribution in [0.2, 0.25) is 0 Å². The van der Waals surface area contributed by atoms with Crippen molar-refractivity contribution in [3.63, 3.8) is 0 Å². The van der Waals surface area contributed by atoms with Crippen LogP contribution in [0.4, 0.5) is 5.69 Å². The average Bonchev–Trinajstić information content (AvgIpc) is 2.88. The van der Waals surface area contributed by atoms with E-state index >= 15 is 0 Å². The Kier molecular flexibility index (Phi) is 6.65. The van der Waals surface area contributed by atoms with Gasteiger partial charge in [0.05, 0.1) is 18.4 Å². The predicted molar refractivity (Wildman–Crippen MR) is 143 cm³/mol. The molecule has 36 heavy (non-hydrogen) atoms. The Balaban J connectivity index is 1.44. The van der Waals surface area contributed by atoms with Crippen molar-refractivity contribution in [2.75, 3.05) is 18.2 Å². The zero-order chi connectivity index (χ0) is 25.2. The Hall–Kier alpha value is -3.84. The van der Waals surface area contributed by atoms with E-state index in [0.717, 1.165) is 50.0 Å². The number of nitrogens with zero attached hydrogens (tertiary/aromatic N) is 2. The molecule has 0 radical (unpaired) electrons. The van der Waals surface area contributed by atoms with Gasteiger partial charge in [0.1, 0.15) is 16.5 Å². The highest BCUT2D eigenvalue weighted by atomic mass is 32.2. The first-order chi connectivity index (χ1) is 17.4. The number of hydrogen-bond donors (Lipinski definition) is 1. The van der Waals surface area contributed by atoms with Crippen molar-refractivity contribution in [1.82, 2.24) is 9.97 Å². The Bertz CT molecular complexity index is 1430. The molecule has 2 heterocycles. The van der Waals surface area contributed by atoms with Crippen LogP contribution < -0.4 is 14.8 Å². The van der Waals surface area contributed by atoms with Crippen LogP contribution in [0.1, 0.15) is 27.8 Å². The van der Waals surface area contributed by atoms with Crippen molar-refractivity contribution >= 4 is 23.4 Å². The van der Waals surface area contributed by atoms with Crippen molar-refractivity contribution in [2.24, 2.45) is 0 Å². The molecule has 0 aliphatic carbocycles. The van der Waals surface area contributed by atoms with Gasteiger partial charge in [0.25, 0.3) is 0 Å². The predicted octanol–water partition coefficient (Wildman–Crippen LogP) is 6.50. The molecule has 0 bridgehead atoms. The average molecular weight is 498 g/mol. The first-order valence-electron chi connectivity index (χ1n) is 11.7. The second kappa shape index (κ2) is 10.0. The molecule has 1 aromatic heterocycles. The maximum Gasteiger partial charge on any atom is 0.234 e. The molecule has 1 N–H and O–H groups in total. The molecule has 4 aromatic rings. The summed E-state index contributed by atoms with van der Waals surface area (Å²) in [5, 5.41) is 3.83.